The average molecular weight is 570 g/mol. The second kappa shape index (κ2) is 9.73. The van der Waals surface area contributed by atoms with Gasteiger partial charge in [0.2, 0.25) is 11.8 Å². The van der Waals surface area contributed by atoms with Crippen LogP contribution < -0.4 is 10.6 Å². The predicted molar refractivity (Wildman–Crippen MR) is 156 cm³/mol. The largest absolute Gasteiger partial charge is 0.460 e. The van der Waals surface area contributed by atoms with Gasteiger partial charge < -0.3 is 14.6 Å². The molecular weight excluding hydrogens is 534 g/mol. The number of nitrogens with zero attached hydrogens (tertiary/aromatic N) is 1. The highest BCUT2D eigenvalue weighted by molar-refractivity contribution is 7.98. The summed E-state index contributed by atoms with van der Waals surface area (Å²) in [5.74, 6) is 3.57. The lowest BCUT2D eigenvalue weighted by atomic mass is 9.53. The summed E-state index contributed by atoms with van der Waals surface area (Å²) in [5, 5.41) is 7.52. The van der Waals surface area contributed by atoms with E-state index in [1.165, 1.54) is 44.1 Å². The van der Waals surface area contributed by atoms with Gasteiger partial charge in [-0.15, -0.1) is 11.8 Å². The summed E-state index contributed by atoms with van der Waals surface area (Å²) in [6, 6.07) is 13.8. The smallest absolute Gasteiger partial charge is 0.255 e. The van der Waals surface area contributed by atoms with Crippen LogP contribution in [-0.2, 0) is 28.4 Å². The highest BCUT2D eigenvalue weighted by atomic mass is 32.2. The molecule has 5 fully saturated rings. The Morgan fingerprint density at radius 1 is 1.00 bits per heavy atom. The Bertz CT molecular complexity index is 1540. The van der Waals surface area contributed by atoms with E-state index in [-0.39, 0.29) is 24.1 Å². The molecule has 0 radical (unpaired) electrons. The van der Waals surface area contributed by atoms with Crippen LogP contribution in [0.5, 0.6) is 0 Å². The molecule has 1 aromatic heterocycles. The first-order valence-corrected chi connectivity index (χ1v) is 16.1. The number of hydrogen-bond acceptors (Lipinski definition) is 6. The fraction of sp³-hybridized carbons (Fsp3) is 0.485. The van der Waals surface area contributed by atoms with Gasteiger partial charge in [-0.1, -0.05) is 12.1 Å². The van der Waals surface area contributed by atoms with Crippen LogP contribution in [0.25, 0.3) is 11.0 Å². The van der Waals surface area contributed by atoms with Gasteiger partial charge in [-0.25, -0.2) is 0 Å². The summed E-state index contributed by atoms with van der Waals surface area (Å²) in [6.07, 6.45) is 9.07. The van der Waals surface area contributed by atoms with E-state index in [9.17, 15) is 14.4 Å². The van der Waals surface area contributed by atoms with Gasteiger partial charge in [0, 0.05) is 40.9 Å². The minimum absolute atomic E-state index is 0.143. The molecule has 2 aliphatic heterocycles. The van der Waals surface area contributed by atoms with Crippen LogP contribution in [0.2, 0.25) is 0 Å². The monoisotopic (exact) mass is 569 g/mol. The predicted octanol–water partition coefficient (Wildman–Crippen LogP) is 5.54. The first-order valence-electron chi connectivity index (χ1n) is 15.1. The van der Waals surface area contributed by atoms with Crippen molar-refractivity contribution >= 4 is 40.5 Å². The summed E-state index contributed by atoms with van der Waals surface area (Å²) >= 11 is 1.65. The minimum atomic E-state index is -0.604. The fourth-order valence-electron chi connectivity index (χ4n) is 8.79. The maximum absolute atomic E-state index is 13.2. The summed E-state index contributed by atoms with van der Waals surface area (Å²) in [7, 11) is 0. The molecule has 1 atom stereocenters. The molecule has 41 heavy (non-hydrogen) atoms. The molecule has 4 aliphatic carbocycles. The summed E-state index contributed by atoms with van der Waals surface area (Å²) in [4.78, 5) is 39.8. The maximum Gasteiger partial charge on any atom is 0.255 e. The van der Waals surface area contributed by atoms with Crippen LogP contribution in [0.3, 0.4) is 0 Å². The Morgan fingerprint density at radius 3 is 2.54 bits per heavy atom. The van der Waals surface area contributed by atoms with Crippen molar-refractivity contribution in [2.75, 3.05) is 0 Å². The Hall–Kier alpha value is -3.10. The van der Waals surface area contributed by atoms with Crippen molar-refractivity contribution in [2.45, 2.75) is 86.7 Å². The van der Waals surface area contributed by atoms with Crippen molar-refractivity contribution in [1.82, 2.24) is 15.5 Å². The van der Waals surface area contributed by atoms with Crippen LogP contribution in [-0.4, -0.2) is 34.2 Å². The maximum atomic E-state index is 13.2. The van der Waals surface area contributed by atoms with Gasteiger partial charge in [-0.3, -0.25) is 19.7 Å². The Balaban J connectivity index is 0.939. The van der Waals surface area contributed by atoms with Gasteiger partial charge in [0.15, 0.2) is 0 Å². The van der Waals surface area contributed by atoms with Gasteiger partial charge in [0.1, 0.15) is 17.4 Å². The lowest BCUT2D eigenvalue weighted by Crippen LogP contribution is -2.58. The quantitative estimate of drug-likeness (QED) is 0.287. The molecule has 6 aliphatic rings. The van der Waals surface area contributed by atoms with Crippen molar-refractivity contribution in [3.8, 4) is 0 Å². The topological polar surface area (TPSA) is 91.7 Å². The highest BCUT2D eigenvalue weighted by Crippen LogP contribution is 2.55. The first kappa shape index (κ1) is 25.6. The lowest BCUT2D eigenvalue weighted by molar-refractivity contribution is -0.136. The number of nitrogens with one attached hydrogen (secondary N) is 2. The number of carbonyl (C=O) groups is 3. The summed E-state index contributed by atoms with van der Waals surface area (Å²) in [6.45, 7) is 1.29. The number of hydrogen-bond donors (Lipinski definition) is 2. The molecule has 7 nitrogen and oxygen atoms in total. The van der Waals surface area contributed by atoms with Gasteiger partial charge >= 0.3 is 0 Å². The van der Waals surface area contributed by atoms with Crippen molar-refractivity contribution in [3.05, 3.63) is 64.9 Å². The van der Waals surface area contributed by atoms with Gasteiger partial charge in [-0.2, -0.15) is 0 Å². The van der Waals surface area contributed by atoms with Crippen molar-refractivity contribution in [3.63, 3.8) is 0 Å². The number of thioether (sulfide) groups is 1. The average Bonchev–Trinajstić information content (AvgIpc) is 3.50. The van der Waals surface area contributed by atoms with Crippen LogP contribution in [0, 0.1) is 17.8 Å². The van der Waals surface area contributed by atoms with Crippen LogP contribution in [0.4, 0.5) is 0 Å². The van der Waals surface area contributed by atoms with Crippen LogP contribution >= 0.6 is 11.8 Å². The third-order valence-electron chi connectivity index (χ3n) is 10.2. The molecule has 3 aromatic rings. The molecule has 2 N–H and O–H groups in total. The summed E-state index contributed by atoms with van der Waals surface area (Å²) in [5.41, 5.74) is 4.15. The zero-order chi connectivity index (χ0) is 27.7. The number of carbonyl (C=O) groups excluding carboxylic acids is 3. The number of furan rings is 1. The third-order valence-corrected chi connectivity index (χ3v) is 11.4. The van der Waals surface area contributed by atoms with E-state index in [0.717, 1.165) is 51.5 Å². The molecule has 9 rings (SSSR count). The number of piperidine rings is 1. The van der Waals surface area contributed by atoms with E-state index in [0.29, 0.717) is 29.8 Å². The van der Waals surface area contributed by atoms with Crippen molar-refractivity contribution < 1.29 is 18.8 Å². The van der Waals surface area contributed by atoms with Gasteiger partial charge in [-0.05, 0) is 104 Å². The number of imide groups is 1. The van der Waals surface area contributed by atoms with Crippen molar-refractivity contribution in [1.29, 1.82) is 0 Å². The molecule has 4 bridgehead atoms. The van der Waals surface area contributed by atoms with E-state index < -0.39 is 6.04 Å². The molecule has 2 aromatic carbocycles. The number of rotatable bonds is 7. The lowest BCUT2D eigenvalue weighted by Gasteiger charge is -2.57. The van der Waals surface area contributed by atoms with Crippen LogP contribution in [0.1, 0.15) is 78.6 Å². The molecule has 212 valence electrons. The third kappa shape index (κ3) is 4.59. The highest BCUT2D eigenvalue weighted by Gasteiger charge is 2.50. The minimum Gasteiger partial charge on any atom is -0.460 e. The first-order chi connectivity index (χ1) is 19.9. The van der Waals surface area contributed by atoms with Gasteiger partial charge in [0.25, 0.3) is 5.91 Å². The molecule has 1 unspecified atom stereocenters. The van der Waals surface area contributed by atoms with E-state index >= 15 is 0 Å². The van der Waals surface area contributed by atoms with E-state index in [4.69, 9.17) is 4.42 Å². The molecule has 3 amide bonds. The SMILES string of the molecule is O=C1CCC(N2Cc3c(SCc4cc5cc(CNC67CC8CC(CC(C8)C6)C7)ccc5o4)cccc3C2=O)C(=O)N1. The second-order valence-corrected chi connectivity index (χ2v) is 14.1. The Kier molecular flexibility index (Phi) is 6.08. The van der Waals surface area contributed by atoms with Crippen LogP contribution in [0.15, 0.2) is 51.8 Å². The Labute approximate surface area is 243 Å². The Morgan fingerprint density at radius 2 is 1.78 bits per heavy atom. The molecule has 0 spiro atoms. The van der Waals surface area contributed by atoms with Crippen molar-refractivity contribution in [2.24, 2.45) is 17.8 Å². The molecule has 1 saturated heterocycles. The molecule has 4 saturated carbocycles. The standard InChI is InChI=1S/C33H35N3O4S/c37-30-7-5-27(31(38)35-30)36-17-26-25(32(36)39)2-1-3-29(26)41-18-24-12-23-11-19(4-6-28(23)40-24)16-34-33-13-20-8-21(14-33)10-22(9-20)15-33/h1-4,6,11-12,20-22,27,34H,5,7-10,13-18H2,(H,35,37,38). The zero-order valence-electron chi connectivity index (χ0n) is 23.1. The number of benzene rings is 2. The number of amides is 3. The molecule has 8 heteroatoms. The summed E-state index contributed by atoms with van der Waals surface area (Å²) < 4.78 is 6.20. The van der Waals surface area contributed by atoms with E-state index in [1.54, 1.807) is 16.7 Å². The van der Waals surface area contributed by atoms with E-state index in [1.807, 2.05) is 18.2 Å². The molecular formula is C33H35N3O4S. The second-order valence-electron chi connectivity index (χ2n) is 13.1. The molecule has 3 heterocycles. The fourth-order valence-corrected chi connectivity index (χ4v) is 9.75. The van der Waals surface area contributed by atoms with E-state index in [2.05, 4.69) is 34.9 Å². The number of fused-ring (bicyclic) bond motifs is 2. The zero-order valence-corrected chi connectivity index (χ0v) is 23.9. The van der Waals surface area contributed by atoms with Gasteiger partial charge in [0.05, 0.1) is 5.75 Å². The normalized spacial score (nSPS) is 30.3.